The van der Waals surface area contributed by atoms with Crippen LogP contribution in [-0.2, 0) is 4.79 Å². The van der Waals surface area contributed by atoms with Crippen molar-refractivity contribution in [2.75, 3.05) is 13.1 Å². The van der Waals surface area contributed by atoms with Gasteiger partial charge in [0.2, 0.25) is 5.91 Å². The van der Waals surface area contributed by atoms with Crippen LogP contribution in [0, 0.1) is 0 Å². The Kier molecular flexibility index (Phi) is 3.81. The quantitative estimate of drug-likeness (QED) is 0.811. The largest absolute Gasteiger partial charge is 0.353 e. The van der Waals surface area contributed by atoms with E-state index in [2.05, 4.69) is 10.2 Å². The molecule has 4 heteroatoms. The second-order valence-corrected chi connectivity index (χ2v) is 6.87. The summed E-state index contributed by atoms with van der Waals surface area (Å²) in [5.41, 5.74) is 6.07. The van der Waals surface area contributed by atoms with Gasteiger partial charge in [-0.15, -0.1) is 0 Å². The van der Waals surface area contributed by atoms with Gasteiger partial charge in [-0.2, -0.15) is 0 Å². The molecule has 1 saturated carbocycles. The predicted octanol–water partition coefficient (Wildman–Crippen LogP) is 1.39. The maximum atomic E-state index is 12.2. The number of piperidine rings is 1. The SMILES string of the molecule is NC1(CC(=O)NC2CCN3CCCC3C2)CCCC1. The third-order valence-electron chi connectivity index (χ3n) is 5.30. The van der Waals surface area contributed by atoms with Gasteiger partial charge in [0.05, 0.1) is 0 Å². The first-order valence-electron chi connectivity index (χ1n) is 7.97. The van der Waals surface area contributed by atoms with E-state index >= 15 is 0 Å². The second kappa shape index (κ2) is 5.41. The van der Waals surface area contributed by atoms with E-state index in [-0.39, 0.29) is 11.4 Å². The molecular formula is C15H27N3O. The number of nitrogens with two attached hydrogens (primary N) is 1. The lowest BCUT2D eigenvalue weighted by molar-refractivity contribution is -0.123. The molecule has 3 aliphatic rings. The molecule has 0 spiro atoms. The Balaban J connectivity index is 1.47. The highest BCUT2D eigenvalue weighted by Gasteiger charge is 2.35. The molecule has 2 heterocycles. The van der Waals surface area contributed by atoms with Gasteiger partial charge in [0.1, 0.15) is 0 Å². The number of carbonyl (C=O) groups is 1. The minimum atomic E-state index is -0.210. The van der Waals surface area contributed by atoms with Crippen molar-refractivity contribution in [3.05, 3.63) is 0 Å². The molecule has 2 unspecified atom stereocenters. The molecule has 3 N–H and O–H groups in total. The lowest BCUT2D eigenvalue weighted by atomic mass is 9.93. The topological polar surface area (TPSA) is 58.4 Å². The Morgan fingerprint density at radius 3 is 2.79 bits per heavy atom. The molecule has 3 fully saturated rings. The fourth-order valence-electron chi connectivity index (χ4n) is 4.21. The zero-order valence-corrected chi connectivity index (χ0v) is 11.9. The third-order valence-corrected chi connectivity index (χ3v) is 5.30. The fourth-order valence-corrected chi connectivity index (χ4v) is 4.21. The number of hydrogen-bond donors (Lipinski definition) is 2. The highest BCUT2D eigenvalue weighted by Crippen LogP contribution is 2.30. The predicted molar refractivity (Wildman–Crippen MR) is 75.8 cm³/mol. The lowest BCUT2D eigenvalue weighted by Gasteiger charge is -2.35. The Bertz CT molecular complexity index is 338. The van der Waals surface area contributed by atoms with Crippen molar-refractivity contribution in [3.63, 3.8) is 0 Å². The first kappa shape index (κ1) is 13.4. The van der Waals surface area contributed by atoms with E-state index in [4.69, 9.17) is 5.73 Å². The number of nitrogens with zero attached hydrogens (tertiary/aromatic N) is 1. The van der Waals surface area contributed by atoms with E-state index in [0.29, 0.717) is 12.5 Å². The van der Waals surface area contributed by atoms with Crippen LogP contribution >= 0.6 is 0 Å². The molecule has 0 aromatic rings. The van der Waals surface area contributed by atoms with E-state index in [9.17, 15) is 4.79 Å². The van der Waals surface area contributed by atoms with Crippen LogP contribution in [0.15, 0.2) is 0 Å². The molecule has 1 aliphatic carbocycles. The Hall–Kier alpha value is -0.610. The number of rotatable bonds is 3. The van der Waals surface area contributed by atoms with Crippen molar-refractivity contribution in [1.82, 2.24) is 10.2 Å². The Morgan fingerprint density at radius 1 is 1.21 bits per heavy atom. The highest BCUT2D eigenvalue weighted by molar-refractivity contribution is 5.77. The number of nitrogens with one attached hydrogen (secondary N) is 1. The van der Waals surface area contributed by atoms with Gasteiger partial charge in [-0.1, -0.05) is 12.8 Å². The smallest absolute Gasteiger partial charge is 0.222 e. The third kappa shape index (κ3) is 3.11. The monoisotopic (exact) mass is 265 g/mol. The summed E-state index contributed by atoms with van der Waals surface area (Å²) < 4.78 is 0. The average Bonchev–Trinajstić information content (AvgIpc) is 2.97. The van der Waals surface area contributed by atoms with Crippen molar-refractivity contribution in [2.24, 2.45) is 5.73 Å². The molecule has 0 aromatic heterocycles. The summed E-state index contributed by atoms with van der Waals surface area (Å²) in [4.78, 5) is 14.7. The maximum Gasteiger partial charge on any atom is 0.222 e. The second-order valence-electron chi connectivity index (χ2n) is 6.87. The molecule has 2 atom stereocenters. The van der Waals surface area contributed by atoms with Gasteiger partial charge in [-0.25, -0.2) is 0 Å². The average molecular weight is 265 g/mol. The number of amides is 1. The van der Waals surface area contributed by atoms with Gasteiger partial charge < -0.3 is 16.0 Å². The summed E-state index contributed by atoms with van der Waals surface area (Å²) in [6.45, 7) is 2.42. The van der Waals surface area contributed by atoms with Gasteiger partial charge in [-0.05, 0) is 45.1 Å². The molecule has 4 nitrogen and oxygen atoms in total. The zero-order chi connectivity index (χ0) is 13.3. The zero-order valence-electron chi connectivity index (χ0n) is 11.9. The van der Waals surface area contributed by atoms with Crippen molar-refractivity contribution >= 4 is 5.91 Å². The van der Waals surface area contributed by atoms with Crippen molar-refractivity contribution in [1.29, 1.82) is 0 Å². The number of hydrogen-bond acceptors (Lipinski definition) is 3. The van der Waals surface area contributed by atoms with Crippen LogP contribution in [0.2, 0.25) is 0 Å². The van der Waals surface area contributed by atoms with E-state index in [1.165, 1.54) is 32.2 Å². The van der Waals surface area contributed by atoms with Crippen molar-refractivity contribution < 1.29 is 4.79 Å². The van der Waals surface area contributed by atoms with Crippen molar-refractivity contribution in [2.45, 2.75) is 75.4 Å². The van der Waals surface area contributed by atoms with Gasteiger partial charge >= 0.3 is 0 Å². The Labute approximate surface area is 116 Å². The van der Waals surface area contributed by atoms with Crippen molar-refractivity contribution in [3.8, 4) is 0 Å². The first-order valence-corrected chi connectivity index (χ1v) is 7.97. The van der Waals surface area contributed by atoms with Crippen LogP contribution in [0.3, 0.4) is 0 Å². The molecule has 0 aromatic carbocycles. The van der Waals surface area contributed by atoms with Gasteiger partial charge in [-0.3, -0.25) is 4.79 Å². The first-order chi connectivity index (χ1) is 9.15. The molecule has 3 rings (SSSR count). The van der Waals surface area contributed by atoms with E-state index in [0.717, 1.165) is 38.3 Å². The summed E-state index contributed by atoms with van der Waals surface area (Å²) in [5.74, 6) is 0.181. The number of carbonyl (C=O) groups excluding carboxylic acids is 1. The summed E-state index contributed by atoms with van der Waals surface area (Å²) >= 11 is 0. The molecule has 0 bridgehead atoms. The minimum absolute atomic E-state index is 0.181. The van der Waals surface area contributed by atoms with E-state index < -0.39 is 0 Å². The van der Waals surface area contributed by atoms with Crippen LogP contribution in [0.25, 0.3) is 0 Å². The van der Waals surface area contributed by atoms with Gasteiger partial charge in [0, 0.05) is 30.6 Å². The van der Waals surface area contributed by atoms with E-state index in [1.807, 2.05) is 0 Å². The molecule has 108 valence electrons. The number of fused-ring (bicyclic) bond motifs is 1. The standard InChI is InChI=1S/C15H27N3O/c16-15(6-1-2-7-15)11-14(19)17-12-5-9-18-8-3-4-13(18)10-12/h12-13H,1-11,16H2,(H,17,19). The summed E-state index contributed by atoms with van der Waals surface area (Å²) in [6.07, 6.45) is 9.82. The van der Waals surface area contributed by atoms with Crippen LogP contribution in [0.1, 0.15) is 57.8 Å². The summed E-state index contributed by atoms with van der Waals surface area (Å²) in [5, 5.41) is 3.24. The molecular weight excluding hydrogens is 238 g/mol. The molecule has 0 radical (unpaired) electrons. The van der Waals surface area contributed by atoms with Gasteiger partial charge in [0.25, 0.3) is 0 Å². The maximum absolute atomic E-state index is 12.2. The van der Waals surface area contributed by atoms with Crippen LogP contribution < -0.4 is 11.1 Å². The normalized spacial score (nSPS) is 34.2. The highest BCUT2D eigenvalue weighted by atomic mass is 16.1. The van der Waals surface area contributed by atoms with Crippen LogP contribution in [0.5, 0.6) is 0 Å². The summed E-state index contributed by atoms with van der Waals surface area (Å²) in [6, 6.07) is 1.11. The fraction of sp³-hybridized carbons (Fsp3) is 0.933. The Morgan fingerprint density at radius 2 is 2.00 bits per heavy atom. The minimum Gasteiger partial charge on any atom is -0.353 e. The molecule has 2 saturated heterocycles. The van der Waals surface area contributed by atoms with Gasteiger partial charge in [0.15, 0.2) is 0 Å². The molecule has 19 heavy (non-hydrogen) atoms. The van der Waals surface area contributed by atoms with E-state index in [1.54, 1.807) is 0 Å². The van der Waals surface area contributed by atoms with Crippen LogP contribution in [-0.4, -0.2) is 41.5 Å². The molecule has 1 amide bonds. The summed E-state index contributed by atoms with van der Waals surface area (Å²) in [7, 11) is 0. The molecule has 2 aliphatic heterocycles. The van der Waals surface area contributed by atoms with Crippen LogP contribution in [0.4, 0.5) is 0 Å². The lowest BCUT2D eigenvalue weighted by Crippen LogP contribution is -2.49.